The number of carbonyl (C=O) groups excluding carboxylic acids is 2. The standard InChI is InChI=1S/C22H19FN2O3/c1-13(21(26)25-19-11-5-3-9-16(19)23)28-22(27)20-14-7-2-4-10-17(14)24-18-12-6-8-15(18)20/h2-5,7,9-11,13H,6,8,12H2,1H3,(H,25,26)/t13-/m0/s1. The zero-order valence-electron chi connectivity index (χ0n) is 15.4. The predicted octanol–water partition coefficient (Wildman–Crippen LogP) is 4.05. The summed E-state index contributed by atoms with van der Waals surface area (Å²) in [5.74, 6) is -1.70. The first kappa shape index (κ1) is 18.1. The van der Waals surface area contributed by atoms with Gasteiger partial charge in [-0.3, -0.25) is 9.78 Å². The maximum atomic E-state index is 13.7. The number of nitrogens with one attached hydrogen (secondary N) is 1. The third-order valence-electron chi connectivity index (χ3n) is 4.91. The number of esters is 1. The number of fused-ring (bicyclic) bond motifs is 2. The normalized spacial score (nSPS) is 13.8. The molecule has 1 heterocycles. The highest BCUT2D eigenvalue weighted by atomic mass is 19.1. The lowest BCUT2D eigenvalue weighted by molar-refractivity contribution is -0.123. The van der Waals surface area contributed by atoms with Gasteiger partial charge in [0.1, 0.15) is 5.82 Å². The van der Waals surface area contributed by atoms with Gasteiger partial charge < -0.3 is 10.1 Å². The molecule has 2 aromatic carbocycles. The van der Waals surface area contributed by atoms with Crippen molar-refractivity contribution in [3.05, 3.63) is 71.2 Å². The summed E-state index contributed by atoms with van der Waals surface area (Å²) in [7, 11) is 0. The Labute approximate surface area is 161 Å². The predicted molar refractivity (Wildman–Crippen MR) is 104 cm³/mol. The molecule has 0 fully saturated rings. The summed E-state index contributed by atoms with van der Waals surface area (Å²) in [4.78, 5) is 30.0. The molecule has 1 aromatic heterocycles. The molecule has 0 saturated heterocycles. The van der Waals surface area contributed by atoms with E-state index in [0.717, 1.165) is 41.4 Å². The van der Waals surface area contributed by atoms with Crippen molar-refractivity contribution in [2.24, 2.45) is 0 Å². The monoisotopic (exact) mass is 378 g/mol. The zero-order valence-corrected chi connectivity index (χ0v) is 15.4. The van der Waals surface area contributed by atoms with Gasteiger partial charge in [-0.1, -0.05) is 30.3 Å². The average Bonchev–Trinajstić information content (AvgIpc) is 3.15. The number of anilines is 1. The fraction of sp³-hybridized carbons (Fsp3) is 0.227. The number of carbonyl (C=O) groups is 2. The molecule has 1 atom stereocenters. The summed E-state index contributed by atoms with van der Waals surface area (Å²) in [5.41, 5.74) is 3.06. The first-order valence-electron chi connectivity index (χ1n) is 9.21. The molecule has 0 aliphatic heterocycles. The Morgan fingerprint density at radius 2 is 1.86 bits per heavy atom. The number of benzene rings is 2. The first-order valence-corrected chi connectivity index (χ1v) is 9.21. The van der Waals surface area contributed by atoms with Crippen LogP contribution < -0.4 is 5.32 Å². The summed E-state index contributed by atoms with van der Waals surface area (Å²) in [6, 6.07) is 13.3. The van der Waals surface area contributed by atoms with Crippen molar-refractivity contribution < 1.29 is 18.7 Å². The number of nitrogens with zero attached hydrogens (tertiary/aromatic N) is 1. The van der Waals surface area contributed by atoms with Crippen molar-refractivity contribution in [3.63, 3.8) is 0 Å². The smallest absolute Gasteiger partial charge is 0.339 e. The van der Waals surface area contributed by atoms with Crippen LogP contribution in [0.2, 0.25) is 0 Å². The molecule has 3 aromatic rings. The van der Waals surface area contributed by atoms with Crippen molar-refractivity contribution in [2.45, 2.75) is 32.3 Å². The number of halogens is 1. The van der Waals surface area contributed by atoms with Crippen molar-refractivity contribution in [2.75, 3.05) is 5.32 Å². The third kappa shape index (κ3) is 3.33. The van der Waals surface area contributed by atoms with Gasteiger partial charge in [-0.25, -0.2) is 9.18 Å². The van der Waals surface area contributed by atoms with E-state index in [2.05, 4.69) is 10.3 Å². The van der Waals surface area contributed by atoms with E-state index in [-0.39, 0.29) is 5.69 Å². The minimum absolute atomic E-state index is 0.0469. The molecule has 0 saturated carbocycles. The Balaban J connectivity index is 1.59. The minimum atomic E-state index is -1.07. The highest BCUT2D eigenvalue weighted by Crippen LogP contribution is 2.30. The quantitative estimate of drug-likeness (QED) is 0.696. The Hall–Kier alpha value is -3.28. The molecule has 5 nitrogen and oxygen atoms in total. The minimum Gasteiger partial charge on any atom is -0.449 e. The number of para-hydroxylation sites is 2. The number of aromatic nitrogens is 1. The number of rotatable bonds is 4. The number of amides is 1. The SMILES string of the molecule is C[C@H](OC(=O)c1c2c(nc3ccccc13)CCC2)C(=O)Nc1ccccc1F. The van der Waals surface area contributed by atoms with Gasteiger partial charge in [0.2, 0.25) is 0 Å². The molecule has 4 rings (SSSR count). The molecule has 28 heavy (non-hydrogen) atoms. The number of pyridine rings is 1. The lowest BCUT2D eigenvalue weighted by Crippen LogP contribution is -2.30. The number of hydrogen-bond acceptors (Lipinski definition) is 4. The Bertz CT molecular complexity index is 1080. The highest BCUT2D eigenvalue weighted by Gasteiger charge is 2.27. The molecule has 0 bridgehead atoms. The van der Waals surface area contributed by atoms with E-state index >= 15 is 0 Å². The number of hydrogen-bond donors (Lipinski definition) is 1. The summed E-state index contributed by atoms with van der Waals surface area (Å²) in [5, 5.41) is 3.17. The van der Waals surface area contributed by atoms with Crippen LogP contribution in [0.4, 0.5) is 10.1 Å². The second-order valence-electron chi connectivity index (χ2n) is 6.80. The van der Waals surface area contributed by atoms with Gasteiger partial charge in [0.05, 0.1) is 16.8 Å². The largest absolute Gasteiger partial charge is 0.449 e. The summed E-state index contributed by atoms with van der Waals surface area (Å²) >= 11 is 0. The van der Waals surface area contributed by atoms with E-state index in [1.165, 1.54) is 25.1 Å². The van der Waals surface area contributed by atoms with E-state index in [0.29, 0.717) is 5.56 Å². The van der Waals surface area contributed by atoms with Crippen molar-refractivity contribution in [3.8, 4) is 0 Å². The zero-order chi connectivity index (χ0) is 19.7. The molecular formula is C22H19FN2O3. The maximum absolute atomic E-state index is 13.7. The van der Waals surface area contributed by atoms with E-state index in [1.807, 2.05) is 24.3 Å². The topological polar surface area (TPSA) is 68.3 Å². The van der Waals surface area contributed by atoms with Crippen LogP contribution in [0.25, 0.3) is 10.9 Å². The summed E-state index contributed by atoms with van der Waals surface area (Å²) in [6.07, 6.45) is 1.44. The van der Waals surface area contributed by atoms with Gasteiger partial charge in [-0.2, -0.15) is 0 Å². The van der Waals surface area contributed by atoms with E-state index in [1.54, 1.807) is 6.07 Å². The number of aryl methyl sites for hydroxylation is 1. The van der Waals surface area contributed by atoms with Crippen LogP contribution in [0, 0.1) is 5.82 Å². The van der Waals surface area contributed by atoms with Crippen molar-refractivity contribution >= 4 is 28.5 Å². The van der Waals surface area contributed by atoms with Gasteiger partial charge in [0.25, 0.3) is 5.91 Å². The molecule has 1 aliphatic carbocycles. The van der Waals surface area contributed by atoms with Crippen LogP contribution in [0.15, 0.2) is 48.5 Å². The first-order chi connectivity index (χ1) is 13.5. The van der Waals surface area contributed by atoms with Crippen LogP contribution >= 0.6 is 0 Å². The van der Waals surface area contributed by atoms with Crippen LogP contribution in [0.5, 0.6) is 0 Å². The fourth-order valence-electron chi connectivity index (χ4n) is 3.51. The Morgan fingerprint density at radius 3 is 2.68 bits per heavy atom. The van der Waals surface area contributed by atoms with Crippen molar-refractivity contribution in [1.82, 2.24) is 4.98 Å². The van der Waals surface area contributed by atoms with Crippen molar-refractivity contribution in [1.29, 1.82) is 0 Å². The lowest BCUT2D eigenvalue weighted by Gasteiger charge is -2.16. The summed E-state index contributed by atoms with van der Waals surface area (Å²) < 4.78 is 19.2. The molecule has 0 radical (unpaired) electrons. The van der Waals surface area contributed by atoms with E-state index in [9.17, 15) is 14.0 Å². The maximum Gasteiger partial charge on any atom is 0.339 e. The number of ether oxygens (including phenoxy) is 1. The van der Waals surface area contributed by atoms with Crippen LogP contribution in [-0.2, 0) is 22.4 Å². The molecule has 0 spiro atoms. The third-order valence-corrected chi connectivity index (χ3v) is 4.91. The Kier molecular flexibility index (Phi) is 4.77. The van der Waals surface area contributed by atoms with Crippen LogP contribution in [-0.4, -0.2) is 23.0 Å². The van der Waals surface area contributed by atoms with Gasteiger partial charge in [-0.15, -0.1) is 0 Å². The van der Waals surface area contributed by atoms with E-state index in [4.69, 9.17) is 4.74 Å². The van der Waals surface area contributed by atoms with Gasteiger partial charge in [-0.05, 0) is 49.9 Å². The molecule has 0 unspecified atom stereocenters. The molecular weight excluding hydrogens is 359 g/mol. The average molecular weight is 378 g/mol. The van der Waals surface area contributed by atoms with E-state index < -0.39 is 23.8 Å². The van der Waals surface area contributed by atoms with Gasteiger partial charge >= 0.3 is 5.97 Å². The molecule has 1 aliphatic rings. The second kappa shape index (κ2) is 7.38. The van der Waals surface area contributed by atoms with Gasteiger partial charge in [0.15, 0.2) is 6.10 Å². The van der Waals surface area contributed by atoms with Crippen LogP contribution in [0.1, 0.15) is 35.0 Å². The fourth-order valence-corrected chi connectivity index (χ4v) is 3.51. The van der Waals surface area contributed by atoms with Gasteiger partial charge in [0, 0.05) is 11.1 Å². The second-order valence-corrected chi connectivity index (χ2v) is 6.80. The molecule has 1 amide bonds. The van der Waals surface area contributed by atoms with Crippen LogP contribution in [0.3, 0.4) is 0 Å². The molecule has 1 N–H and O–H groups in total. The molecule has 142 valence electrons. The lowest BCUT2D eigenvalue weighted by atomic mass is 10.0. The summed E-state index contributed by atoms with van der Waals surface area (Å²) in [6.45, 7) is 1.47. The Morgan fingerprint density at radius 1 is 1.11 bits per heavy atom. The molecule has 6 heteroatoms. The highest BCUT2D eigenvalue weighted by molar-refractivity contribution is 6.06.